The van der Waals surface area contributed by atoms with Crippen LogP contribution in [0.2, 0.25) is 0 Å². The van der Waals surface area contributed by atoms with Gasteiger partial charge in [0.2, 0.25) is 0 Å². The van der Waals surface area contributed by atoms with Crippen molar-refractivity contribution in [2.24, 2.45) is 0 Å². The van der Waals surface area contributed by atoms with E-state index in [4.69, 9.17) is 11.6 Å². The number of halogens is 5. The summed E-state index contributed by atoms with van der Waals surface area (Å²) in [7, 11) is 0. The Kier molecular flexibility index (Phi) is 4.05. The zero-order chi connectivity index (χ0) is 14.0. The lowest BCUT2D eigenvalue weighted by Crippen LogP contribution is -2.13. The number of aromatic nitrogens is 3. The van der Waals surface area contributed by atoms with Crippen molar-refractivity contribution in [3.63, 3.8) is 0 Å². The summed E-state index contributed by atoms with van der Waals surface area (Å²) >= 11 is 8.64. The Hall–Kier alpha value is -1.21. The van der Waals surface area contributed by atoms with Crippen LogP contribution in [0.25, 0.3) is 11.5 Å². The van der Waals surface area contributed by atoms with Crippen molar-refractivity contribution in [3.8, 4) is 11.5 Å². The van der Waals surface area contributed by atoms with Gasteiger partial charge in [-0.15, -0.1) is 11.6 Å². The van der Waals surface area contributed by atoms with Gasteiger partial charge in [-0.1, -0.05) is 0 Å². The molecule has 0 N–H and O–H groups in total. The van der Waals surface area contributed by atoms with Crippen LogP contribution in [0.4, 0.5) is 13.2 Å². The Bertz CT molecular complexity index is 587. The van der Waals surface area contributed by atoms with Crippen molar-refractivity contribution in [3.05, 3.63) is 40.3 Å². The molecule has 0 bridgehead atoms. The van der Waals surface area contributed by atoms with Crippen LogP contribution in [0.15, 0.2) is 29.0 Å². The van der Waals surface area contributed by atoms with Crippen LogP contribution in [-0.2, 0) is 12.1 Å². The second-order valence-corrected chi connectivity index (χ2v) is 4.74. The fraction of sp³-hybridized carbons (Fsp3) is 0.182. The Morgan fingerprint density at radius 1 is 1.16 bits per heavy atom. The summed E-state index contributed by atoms with van der Waals surface area (Å²) in [6, 6.07) is 3.17. The molecule has 2 rings (SSSR count). The van der Waals surface area contributed by atoms with Crippen molar-refractivity contribution in [2.45, 2.75) is 12.1 Å². The molecule has 0 spiro atoms. The molecule has 0 aromatic carbocycles. The minimum atomic E-state index is -4.57. The molecule has 2 aromatic rings. The van der Waals surface area contributed by atoms with Crippen molar-refractivity contribution in [1.29, 1.82) is 0 Å². The standard InChI is InChI=1S/C11H6BrClF3N3/c12-7-1-2-8(17-5-7)10-18-4-6(3-13)9(19-10)11(14,15)16/h1-2,4-5H,3H2. The Balaban J connectivity index is 2.52. The molecule has 3 nitrogen and oxygen atoms in total. The third-order valence-electron chi connectivity index (χ3n) is 2.23. The lowest BCUT2D eigenvalue weighted by molar-refractivity contribution is -0.141. The zero-order valence-electron chi connectivity index (χ0n) is 9.25. The maximum Gasteiger partial charge on any atom is 0.433 e. The number of pyridine rings is 1. The van der Waals surface area contributed by atoms with E-state index >= 15 is 0 Å². The van der Waals surface area contributed by atoms with Gasteiger partial charge in [0, 0.05) is 22.4 Å². The zero-order valence-corrected chi connectivity index (χ0v) is 11.6. The number of hydrogen-bond donors (Lipinski definition) is 0. The molecular weight excluding hydrogens is 346 g/mol. The fourth-order valence-electron chi connectivity index (χ4n) is 1.38. The van der Waals surface area contributed by atoms with E-state index in [1.54, 1.807) is 6.07 Å². The first kappa shape index (κ1) is 14.2. The maximum atomic E-state index is 12.8. The molecule has 0 aliphatic carbocycles. The highest BCUT2D eigenvalue weighted by Crippen LogP contribution is 2.32. The normalized spacial score (nSPS) is 11.6. The molecule has 100 valence electrons. The molecule has 0 saturated carbocycles. The van der Waals surface area contributed by atoms with Crippen LogP contribution in [-0.4, -0.2) is 15.0 Å². The maximum absolute atomic E-state index is 12.8. The van der Waals surface area contributed by atoms with Crippen molar-refractivity contribution in [1.82, 2.24) is 15.0 Å². The summed E-state index contributed by atoms with van der Waals surface area (Å²) in [6.07, 6.45) is -2.04. The summed E-state index contributed by atoms with van der Waals surface area (Å²) in [4.78, 5) is 11.3. The Labute approximate surface area is 120 Å². The van der Waals surface area contributed by atoms with Crippen LogP contribution < -0.4 is 0 Å². The molecule has 8 heteroatoms. The molecule has 0 aliphatic heterocycles. The largest absolute Gasteiger partial charge is 0.433 e. The van der Waals surface area contributed by atoms with Gasteiger partial charge in [-0.25, -0.2) is 9.97 Å². The predicted octanol–water partition coefficient (Wildman–Crippen LogP) is 4.06. The SMILES string of the molecule is FC(F)(F)c1nc(-c2ccc(Br)cn2)ncc1CCl. The first-order valence-electron chi connectivity index (χ1n) is 5.03. The third-order valence-corrected chi connectivity index (χ3v) is 2.99. The van der Waals surface area contributed by atoms with E-state index in [9.17, 15) is 13.2 Å². The fourth-order valence-corrected chi connectivity index (χ4v) is 1.81. The summed E-state index contributed by atoms with van der Waals surface area (Å²) in [5.74, 6) is -0.392. The molecular formula is C11H6BrClF3N3. The highest BCUT2D eigenvalue weighted by molar-refractivity contribution is 9.10. The highest BCUT2D eigenvalue weighted by Gasteiger charge is 2.36. The monoisotopic (exact) mass is 351 g/mol. The molecule has 0 atom stereocenters. The number of hydrogen-bond acceptors (Lipinski definition) is 3. The summed E-state index contributed by atoms with van der Waals surface area (Å²) < 4.78 is 39.2. The Morgan fingerprint density at radius 3 is 2.42 bits per heavy atom. The van der Waals surface area contributed by atoms with Crippen LogP contribution in [0.3, 0.4) is 0 Å². The van der Waals surface area contributed by atoms with Crippen LogP contribution in [0.5, 0.6) is 0 Å². The molecule has 0 fully saturated rings. The summed E-state index contributed by atoms with van der Waals surface area (Å²) in [5.41, 5.74) is -0.929. The quantitative estimate of drug-likeness (QED) is 0.765. The number of alkyl halides is 4. The average Bonchev–Trinajstić information content (AvgIpc) is 2.38. The van der Waals surface area contributed by atoms with E-state index in [-0.39, 0.29) is 23.0 Å². The van der Waals surface area contributed by atoms with Crippen LogP contribution in [0.1, 0.15) is 11.3 Å². The predicted molar refractivity (Wildman–Crippen MR) is 67.5 cm³/mol. The van der Waals surface area contributed by atoms with Gasteiger partial charge in [-0.05, 0) is 28.1 Å². The molecule has 19 heavy (non-hydrogen) atoms. The van der Waals surface area contributed by atoms with E-state index in [2.05, 4.69) is 30.9 Å². The third kappa shape index (κ3) is 3.22. The van der Waals surface area contributed by atoms with Crippen molar-refractivity contribution >= 4 is 27.5 Å². The first-order chi connectivity index (χ1) is 8.91. The lowest BCUT2D eigenvalue weighted by atomic mass is 10.2. The Morgan fingerprint density at radius 2 is 1.89 bits per heavy atom. The van der Waals surface area contributed by atoms with Gasteiger partial charge in [-0.3, -0.25) is 4.98 Å². The summed E-state index contributed by atoms with van der Waals surface area (Å²) in [6.45, 7) is 0. The van der Waals surface area contributed by atoms with Crippen molar-refractivity contribution < 1.29 is 13.2 Å². The van der Waals surface area contributed by atoms with Crippen LogP contribution >= 0.6 is 27.5 Å². The van der Waals surface area contributed by atoms with Gasteiger partial charge in [0.1, 0.15) is 5.69 Å². The van der Waals surface area contributed by atoms with E-state index in [0.29, 0.717) is 4.47 Å². The molecule has 0 radical (unpaired) electrons. The molecule has 0 aliphatic rings. The van der Waals surface area contributed by atoms with Gasteiger partial charge >= 0.3 is 6.18 Å². The number of rotatable bonds is 2. The average molecular weight is 353 g/mol. The van der Waals surface area contributed by atoms with E-state index < -0.39 is 11.9 Å². The van der Waals surface area contributed by atoms with Gasteiger partial charge in [0.15, 0.2) is 11.5 Å². The van der Waals surface area contributed by atoms with Gasteiger partial charge in [0.05, 0.1) is 5.88 Å². The first-order valence-corrected chi connectivity index (χ1v) is 6.35. The minimum absolute atomic E-state index is 0.0892. The molecule has 2 aromatic heterocycles. The van der Waals surface area contributed by atoms with E-state index in [0.717, 1.165) is 6.20 Å². The molecule has 0 unspecified atom stereocenters. The lowest BCUT2D eigenvalue weighted by Gasteiger charge is -2.10. The molecule has 0 saturated heterocycles. The smallest absolute Gasteiger partial charge is 0.252 e. The minimum Gasteiger partial charge on any atom is -0.252 e. The molecule has 2 heterocycles. The van der Waals surface area contributed by atoms with Gasteiger partial charge in [0.25, 0.3) is 0 Å². The van der Waals surface area contributed by atoms with Crippen LogP contribution in [0, 0.1) is 0 Å². The number of nitrogens with zero attached hydrogens (tertiary/aromatic N) is 3. The topological polar surface area (TPSA) is 38.7 Å². The summed E-state index contributed by atoms with van der Waals surface area (Å²) in [5, 5.41) is 0. The second-order valence-electron chi connectivity index (χ2n) is 3.56. The van der Waals surface area contributed by atoms with Crippen molar-refractivity contribution in [2.75, 3.05) is 0 Å². The second kappa shape index (κ2) is 5.42. The van der Waals surface area contributed by atoms with E-state index in [1.807, 2.05) is 0 Å². The van der Waals surface area contributed by atoms with E-state index in [1.165, 1.54) is 12.3 Å². The molecule has 0 amide bonds. The van der Waals surface area contributed by atoms with Gasteiger partial charge in [-0.2, -0.15) is 13.2 Å². The highest BCUT2D eigenvalue weighted by atomic mass is 79.9. The van der Waals surface area contributed by atoms with Gasteiger partial charge < -0.3 is 0 Å².